The van der Waals surface area contributed by atoms with Gasteiger partial charge >= 0.3 is 0 Å². The van der Waals surface area contributed by atoms with Gasteiger partial charge in [-0.2, -0.15) is 0 Å². The van der Waals surface area contributed by atoms with Gasteiger partial charge < -0.3 is 4.90 Å². The molecule has 0 aromatic carbocycles. The van der Waals surface area contributed by atoms with Gasteiger partial charge in [-0.05, 0) is 32.6 Å². The summed E-state index contributed by atoms with van der Waals surface area (Å²) in [7, 11) is 0. The van der Waals surface area contributed by atoms with E-state index in [-0.39, 0.29) is 0 Å². The molecule has 0 aromatic rings. The first-order valence-corrected chi connectivity index (χ1v) is 4.67. The lowest BCUT2D eigenvalue weighted by molar-refractivity contribution is 0.240. The lowest BCUT2D eigenvalue weighted by atomic mass is 9.92. The second-order valence-corrected chi connectivity index (χ2v) is 3.87. The van der Waals surface area contributed by atoms with Crippen LogP contribution in [0.4, 0.5) is 0 Å². The monoisotopic (exact) mass is 165 g/mol. The maximum atomic E-state index is 4.02. The van der Waals surface area contributed by atoms with Crippen LogP contribution in [-0.2, 0) is 0 Å². The molecule has 1 rings (SSSR count). The summed E-state index contributed by atoms with van der Waals surface area (Å²) in [5.74, 6) is 0.690. The predicted molar refractivity (Wildman–Crippen MR) is 53.9 cm³/mol. The highest BCUT2D eigenvalue weighted by Crippen LogP contribution is 2.23. The van der Waals surface area contributed by atoms with Gasteiger partial charge in [0, 0.05) is 18.8 Å². The molecule has 1 heteroatoms. The van der Waals surface area contributed by atoms with Crippen LogP contribution in [0.1, 0.15) is 26.7 Å². The minimum atomic E-state index is 0.690. The van der Waals surface area contributed by atoms with Crippen molar-refractivity contribution in [1.82, 2.24) is 4.90 Å². The number of piperidine rings is 1. The van der Waals surface area contributed by atoms with E-state index in [9.17, 15) is 0 Å². The first kappa shape index (κ1) is 9.37. The van der Waals surface area contributed by atoms with Crippen molar-refractivity contribution in [3.63, 3.8) is 0 Å². The topological polar surface area (TPSA) is 3.24 Å². The Morgan fingerprint density at radius 1 is 1.33 bits per heavy atom. The summed E-state index contributed by atoms with van der Waals surface area (Å²) < 4.78 is 0. The van der Waals surface area contributed by atoms with E-state index < -0.39 is 0 Å². The molecule has 1 heterocycles. The van der Waals surface area contributed by atoms with Gasteiger partial charge in [-0.3, -0.25) is 0 Å². The van der Waals surface area contributed by atoms with Gasteiger partial charge in [0.2, 0.25) is 0 Å². The molecule has 0 N–H and O–H groups in total. The average molecular weight is 165 g/mol. The van der Waals surface area contributed by atoms with Gasteiger partial charge in [0.25, 0.3) is 0 Å². The summed E-state index contributed by atoms with van der Waals surface area (Å²) in [6.45, 7) is 14.5. The van der Waals surface area contributed by atoms with Crippen LogP contribution in [0.2, 0.25) is 0 Å². The molecule has 1 nitrogen and oxygen atoms in total. The largest absolute Gasteiger partial charge is 0.375 e. The molecule has 0 aliphatic carbocycles. The van der Waals surface area contributed by atoms with Crippen LogP contribution in [0.5, 0.6) is 0 Å². The van der Waals surface area contributed by atoms with E-state index in [0.29, 0.717) is 5.92 Å². The molecule has 0 bridgehead atoms. The predicted octanol–water partition coefficient (Wildman–Crippen LogP) is 2.81. The molecule has 0 radical (unpaired) electrons. The zero-order valence-electron chi connectivity index (χ0n) is 8.27. The third-order valence-corrected chi connectivity index (χ3v) is 2.66. The molecular formula is C11H19N. The van der Waals surface area contributed by atoms with Crippen LogP contribution in [0.3, 0.4) is 0 Å². The molecule has 1 saturated heterocycles. The Morgan fingerprint density at radius 3 is 2.50 bits per heavy atom. The van der Waals surface area contributed by atoms with E-state index >= 15 is 0 Å². The molecule has 68 valence electrons. The van der Waals surface area contributed by atoms with E-state index in [1.165, 1.54) is 30.7 Å². The van der Waals surface area contributed by atoms with Gasteiger partial charge in [-0.1, -0.05) is 18.7 Å². The number of hydrogen-bond donors (Lipinski definition) is 0. The molecule has 0 spiro atoms. The van der Waals surface area contributed by atoms with Gasteiger partial charge in [0.15, 0.2) is 0 Å². The van der Waals surface area contributed by atoms with E-state index in [0.717, 1.165) is 6.54 Å². The minimum absolute atomic E-state index is 0.690. The zero-order valence-corrected chi connectivity index (χ0v) is 8.27. The Hall–Kier alpha value is -0.720. The minimum Gasteiger partial charge on any atom is -0.375 e. The van der Waals surface area contributed by atoms with Gasteiger partial charge in [-0.25, -0.2) is 0 Å². The van der Waals surface area contributed by atoms with Crippen LogP contribution in [0, 0.1) is 5.92 Å². The summed E-state index contributed by atoms with van der Waals surface area (Å²) in [4.78, 5) is 2.36. The molecule has 0 aromatic heterocycles. The molecule has 0 amide bonds. The Labute approximate surface area is 75.8 Å². The van der Waals surface area contributed by atoms with Crippen LogP contribution >= 0.6 is 0 Å². The SMILES string of the molecule is C=C(C)C1CCCN(C(=C)C)C1. The smallest absolute Gasteiger partial charge is 0.0240 e. The Morgan fingerprint density at radius 2 is 2.00 bits per heavy atom. The van der Waals surface area contributed by atoms with Crippen LogP contribution in [0.15, 0.2) is 24.4 Å². The molecule has 1 fully saturated rings. The van der Waals surface area contributed by atoms with Crippen molar-refractivity contribution >= 4 is 0 Å². The van der Waals surface area contributed by atoms with Crippen molar-refractivity contribution in [3.05, 3.63) is 24.4 Å². The second-order valence-electron chi connectivity index (χ2n) is 3.87. The highest BCUT2D eigenvalue weighted by atomic mass is 15.1. The van der Waals surface area contributed by atoms with Crippen molar-refractivity contribution in [2.24, 2.45) is 5.92 Å². The van der Waals surface area contributed by atoms with Crippen molar-refractivity contribution in [2.75, 3.05) is 13.1 Å². The van der Waals surface area contributed by atoms with Crippen molar-refractivity contribution in [1.29, 1.82) is 0 Å². The fourth-order valence-corrected chi connectivity index (χ4v) is 1.73. The number of hydrogen-bond acceptors (Lipinski definition) is 1. The van der Waals surface area contributed by atoms with E-state index in [1.807, 2.05) is 0 Å². The second kappa shape index (κ2) is 3.79. The molecule has 1 atom stereocenters. The number of likely N-dealkylation sites (tertiary alicyclic amines) is 1. The van der Waals surface area contributed by atoms with Crippen molar-refractivity contribution in [3.8, 4) is 0 Å². The maximum Gasteiger partial charge on any atom is 0.0240 e. The third-order valence-electron chi connectivity index (χ3n) is 2.66. The Balaban J connectivity index is 2.51. The van der Waals surface area contributed by atoms with Crippen molar-refractivity contribution in [2.45, 2.75) is 26.7 Å². The summed E-state index contributed by atoms with van der Waals surface area (Å²) in [6, 6.07) is 0. The van der Waals surface area contributed by atoms with E-state index in [4.69, 9.17) is 0 Å². The first-order chi connectivity index (χ1) is 5.61. The lowest BCUT2D eigenvalue weighted by Gasteiger charge is -2.34. The zero-order chi connectivity index (χ0) is 9.14. The molecular weight excluding hydrogens is 146 g/mol. The summed E-state index contributed by atoms with van der Waals surface area (Å²) in [6.07, 6.45) is 2.59. The first-order valence-electron chi connectivity index (χ1n) is 4.67. The lowest BCUT2D eigenvalue weighted by Crippen LogP contribution is -2.33. The third kappa shape index (κ3) is 2.13. The van der Waals surface area contributed by atoms with Crippen LogP contribution in [-0.4, -0.2) is 18.0 Å². The Bertz CT molecular complexity index is 173. The molecule has 12 heavy (non-hydrogen) atoms. The summed E-state index contributed by atoms with van der Waals surface area (Å²) in [5, 5.41) is 0. The standard InChI is InChI=1S/C11H19N/c1-9(2)11-6-5-7-12(8-11)10(3)4/h11H,1,3,5-8H2,2,4H3. The maximum absolute atomic E-state index is 4.02. The van der Waals surface area contributed by atoms with Crippen LogP contribution in [0.25, 0.3) is 0 Å². The fraction of sp³-hybridized carbons (Fsp3) is 0.636. The normalized spacial score (nSPS) is 23.8. The van der Waals surface area contributed by atoms with E-state index in [1.54, 1.807) is 0 Å². The highest BCUT2D eigenvalue weighted by Gasteiger charge is 2.19. The average Bonchev–Trinajstić information content (AvgIpc) is 2.04. The molecule has 1 unspecified atom stereocenters. The molecule has 1 aliphatic rings. The van der Waals surface area contributed by atoms with Gasteiger partial charge in [0.05, 0.1) is 0 Å². The number of nitrogens with zero attached hydrogens (tertiary/aromatic N) is 1. The quantitative estimate of drug-likeness (QED) is 0.569. The number of allylic oxidation sites excluding steroid dienone is 1. The number of rotatable bonds is 2. The molecule has 1 aliphatic heterocycles. The Kier molecular flexibility index (Phi) is 2.96. The van der Waals surface area contributed by atoms with E-state index in [2.05, 4.69) is 31.9 Å². The fourth-order valence-electron chi connectivity index (χ4n) is 1.73. The van der Waals surface area contributed by atoms with Crippen LogP contribution < -0.4 is 0 Å². The van der Waals surface area contributed by atoms with Gasteiger partial charge in [-0.15, -0.1) is 0 Å². The highest BCUT2D eigenvalue weighted by molar-refractivity contribution is 5.02. The van der Waals surface area contributed by atoms with Gasteiger partial charge in [0.1, 0.15) is 0 Å². The molecule has 0 saturated carbocycles. The van der Waals surface area contributed by atoms with Crippen molar-refractivity contribution < 1.29 is 0 Å². The summed E-state index contributed by atoms with van der Waals surface area (Å²) >= 11 is 0. The summed E-state index contributed by atoms with van der Waals surface area (Å²) in [5.41, 5.74) is 2.52.